The molecule has 5 nitrogen and oxygen atoms in total. The fourth-order valence-electron chi connectivity index (χ4n) is 2.07. The quantitative estimate of drug-likeness (QED) is 0.787. The maximum atomic E-state index is 12.1. The number of nitrogens with zero attached hydrogens (tertiary/aromatic N) is 3. The maximum absolute atomic E-state index is 12.1. The second-order valence-electron chi connectivity index (χ2n) is 4.59. The molecule has 0 saturated heterocycles. The molecular formula is C15H14N4O. The number of nitrogens with one attached hydrogen (secondary N) is 1. The molecule has 0 aliphatic heterocycles. The van der Waals surface area contributed by atoms with E-state index in [9.17, 15) is 4.79 Å². The second kappa shape index (κ2) is 5.13. The minimum absolute atomic E-state index is 0.100. The van der Waals surface area contributed by atoms with Crippen molar-refractivity contribution < 1.29 is 4.79 Å². The number of carbonyl (C=O) groups is 1. The summed E-state index contributed by atoms with van der Waals surface area (Å²) in [6.45, 7) is 0.468. The van der Waals surface area contributed by atoms with Gasteiger partial charge in [0.15, 0.2) is 0 Å². The van der Waals surface area contributed by atoms with Crippen molar-refractivity contribution in [2.45, 2.75) is 6.54 Å². The van der Waals surface area contributed by atoms with Crippen LogP contribution in [0.1, 0.15) is 15.9 Å². The van der Waals surface area contributed by atoms with Crippen molar-refractivity contribution in [3.63, 3.8) is 0 Å². The fraction of sp³-hybridized carbons (Fsp3) is 0.133. The Morgan fingerprint density at radius 3 is 3.00 bits per heavy atom. The largest absolute Gasteiger partial charge is 0.348 e. The average molecular weight is 266 g/mol. The van der Waals surface area contributed by atoms with Crippen LogP contribution in [0.5, 0.6) is 0 Å². The van der Waals surface area contributed by atoms with Crippen molar-refractivity contribution in [1.29, 1.82) is 0 Å². The van der Waals surface area contributed by atoms with E-state index in [1.54, 1.807) is 23.3 Å². The van der Waals surface area contributed by atoms with Gasteiger partial charge < -0.3 is 5.32 Å². The zero-order valence-corrected chi connectivity index (χ0v) is 11.1. The highest BCUT2D eigenvalue weighted by Gasteiger charge is 2.08. The van der Waals surface area contributed by atoms with Crippen molar-refractivity contribution in [1.82, 2.24) is 20.1 Å². The summed E-state index contributed by atoms with van der Waals surface area (Å²) in [5.74, 6) is -0.100. The third-order valence-corrected chi connectivity index (χ3v) is 3.19. The number of benzene rings is 1. The molecule has 5 heteroatoms. The van der Waals surface area contributed by atoms with Crippen LogP contribution in [-0.2, 0) is 13.6 Å². The Morgan fingerprint density at radius 2 is 2.20 bits per heavy atom. The molecule has 0 saturated carbocycles. The maximum Gasteiger partial charge on any atom is 0.251 e. The van der Waals surface area contributed by atoms with Crippen molar-refractivity contribution in [3.05, 3.63) is 60.0 Å². The molecule has 0 radical (unpaired) electrons. The minimum Gasteiger partial charge on any atom is -0.348 e. The van der Waals surface area contributed by atoms with E-state index in [1.165, 1.54) is 0 Å². The van der Waals surface area contributed by atoms with E-state index in [0.717, 1.165) is 16.5 Å². The Kier molecular flexibility index (Phi) is 3.16. The van der Waals surface area contributed by atoms with Crippen LogP contribution in [0.2, 0.25) is 0 Å². The molecule has 2 aromatic heterocycles. The van der Waals surface area contributed by atoms with Crippen LogP contribution < -0.4 is 5.32 Å². The van der Waals surface area contributed by atoms with E-state index in [2.05, 4.69) is 15.4 Å². The summed E-state index contributed by atoms with van der Waals surface area (Å²) in [5.41, 5.74) is 2.55. The van der Waals surface area contributed by atoms with E-state index in [0.29, 0.717) is 12.1 Å². The van der Waals surface area contributed by atoms with E-state index in [-0.39, 0.29) is 5.91 Å². The van der Waals surface area contributed by atoms with Gasteiger partial charge in [-0.1, -0.05) is 12.1 Å². The predicted octanol–water partition coefficient (Wildman–Crippen LogP) is 1.90. The SMILES string of the molecule is Cn1ncc2ccc(C(=O)NCc3cccnc3)cc21. The molecular weight excluding hydrogens is 252 g/mol. The minimum atomic E-state index is -0.100. The van der Waals surface area contributed by atoms with Crippen LogP contribution in [0.3, 0.4) is 0 Å². The first-order valence-electron chi connectivity index (χ1n) is 6.33. The number of amides is 1. The topological polar surface area (TPSA) is 59.8 Å². The number of pyridine rings is 1. The lowest BCUT2D eigenvalue weighted by Gasteiger charge is -2.05. The third-order valence-electron chi connectivity index (χ3n) is 3.19. The van der Waals surface area contributed by atoms with Gasteiger partial charge in [-0.15, -0.1) is 0 Å². The van der Waals surface area contributed by atoms with Gasteiger partial charge in [-0.3, -0.25) is 14.5 Å². The molecule has 2 heterocycles. The summed E-state index contributed by atoms with van der Waals surface area (Å²) in [6.07, 6.45) is 5.24. The molecule has 3 aromatic rings. The van der Waals surface area contributed by atoms with Gasteiger partial charge in [-0.25, -0.2) is 0 Å². The first-order valence-corrected chi connectivity index (χ1v) is 6.33. The van der Waals surface area contributed by atoms with E-state index in [4.69, 9.17) is 0 Å². The van der Waals surface area contributed by atoms with Gasteiger partial charge in [0.1, 0.15) is 0 Å². The molecule has 0 spiro atoms. The van der Waals surface area contributed by atoms with E-state index >= 15 is 0 Å². The van der Waals surface area contributed by atoms with Crippen LogP contribution in [-0.4, -0.2) is 20.7 Å². The summed E-state index contributed by atoms with van der Waals surface area (Å²) in [6, 6.07) is 9.34. The third kappa shape index (κ3) is 2.38. The lowest BCUT2D eigenvalue weighted by Crippen LogP contribution is -2.22. The lowest BCUT2D eigenvalue weighted by molar-refractivity contribution is 0.0951. The summed E-state index contributed by atoms with van der Waals surface area (Å²) < 4.78 is 1.76. The molecule has 0 bridgehead atoms. The number of rotatable bonds is 3. The molecule has 1 N–H and O–H groups in total. The fourth-order valence-corrected chi connectivity index (χ4v) is 2.07. The number of fused-ring (bicyclic) bond motifs is 1. The molecule has 1 aromatic carbocycles. The van der Waals surface area contributed by atoms with Crippen molar-refractivity contribution in [3.8, 4) is 0 Å². The number of hydrogen-bond donors (Lipinski definition) is 1. The van der Waals surface area contributed by atoms with Crippen LogP contribution in [0.4, 0.5) is 0 Å². The van der Waals surface area contributed by atoms with Crippen LogP contribution in [0.15, 0.2) is 48.9 Å². The summed E-state index contributed by atoms with van der Waals surface area (Å²) in [7, 11) is 1.86. The monoisotopic (exact) mass is 266 g/mol. The molecule has 0 unspecified atom stereocenters. The molecule has 0 atom stereocenters. The van der Waals surface area contributed by atoms with Crippen LogP contribution >= 0.6 is 0 Å². The Morgan fingerprint density at radius 1 is 1.30 bits per heavy atom. The van der Waals surface area contributed by atoms with Crippen LogP contribution in [0.25, 0.3) is 10.9 Å². The molecule has 3 rings (SSSR count). The van der Waals surface area contributed by atoms with Gasteiger partial charge in [-0.2, -0.15) is 5.10 Å². The van der Waals surface area contributed by atoms with Crippen molar-refractivity contribution in [2.75, 3.05) is 0 Å². The van der Waals surface area contributed by atoms with Gasteiger partial charge >= 0.3 is 0 Å². The van der Waals surface area contributed by atoms with Gasteiger partial charge in [0, 0.05) is 36.9 Å². The van der Waals surface area contributed by atoms with Gasteiger partial charge in [0.2, 0.25) is 0 Å². The summed E-state index contributed by atoms with van der Waals surface area (Å²) in [5, 5.41) is 8.07. The number of aromatic nitrogens is 3. The van der Waals surface area contributed by atoms with E-state index in [1.807, 2.05) is 37.4 Å². The second-order valence-corrected chi connectivity index (χ2v) is 4.59. The average Bonchev–Trinajstić information content (AvgIpc) is 2.87. The van der Waals surface area contributed by atoms with Crippen LogP contribution in [0, 0.1) is 0 Å². The molecule has 100 valence electrons. The smallest absolute Gasteiger partial charge is 0.251 e. The van der Waals surface area contributed by atoms with Crippen molar-refractivity contribution >= 4 is 16.8 Å². The molecule has 20 heavy (non-hydrogen) atoms. The Labute approximate surface area is 116 Å². The normalized spacial score (nSPS) is 10.7. The van der Waals surface area contributed by atoms with Crippen molar-refractivity contribution in [2.24, 2.45) is 7.05 Å². The highest BCUT2D eigenvalue weighted by atomic mass is 16.1. The summed E-state index contributed by atoms with van der Waals surface area (Å²) in [4.78, 5) is 16.2. The highest BCUT2D eigenvalue weighted by Crippen LogP contribution is 2.14. The Balaban J connectivity index is 1.77. The number of hydrogen-bond acceptors (Lipinski definition) is 3. The number of carbonyl (C=O) groups excluding carboxylic acids is 1. The first kappa shape index (κ1) is 12.3. The predicted molar refractivity (Wildman–Crippen MR) is 76.1 cm³/mol. The standard InChI is InChI=1S/C15H14N4O/c1-19-14-7-12(4-5-13(14)10-18-19)15(20)17-9-11-3-2-6-16-8-11/h2-8,10H,9H2,1H3,(H,17,20). The highest BCUT2D eigenvalue weighted by molar-refractivity contribution is 5.97. The Hall–Kier alpha value is -2.69. The zero-order chi connectivity index (χ0) is 13.9. The zero-order valence-electron chi connectivity index (χ0n) is 11.1. The molecule has 0 aliphatic carbocycles. The lowest BCUT2D eigenvalue weighted by atomic mass is 10.1. The Bertz CT molecular complexity index is 749. The van der Waals surface area contributed by atoms with Gasteiger partial charge in [-0.05, 0) is 23.8 Å². The first-order chi connectivity index (χ1) is 9.74. The molecule has 0 fully saturated rings. The summed E-state index contributed by atoms with van der Waals surface area (Å²) >= 11 is 0. The molecule has 1 amide bonds. The van der Waals surface area contributed by atoms with Gasteiger partial charge in [0.05, 0.1) is 11.7 Å². The molecule has 0 aliphatic rings. The number of aryl methyl sites for hydroxylation is 1. The van der Waals surface area contributed by atoms with Gasteiger partial charge in [0.25, 0.3) is 5.91 Å². The van der Waals surface area contributed by atoms with E-state index < -0.39 is 0 Å².